The number of hydrogen-bond donors (Lipinski definition) is 3. The second-order valence-electron chi connectivity index (χ2n) is 3.49. The second kappa shape index (κ2) is 6.17. The van der Waals surface area contributed by atoms with Gasteiger partial charge in [-0.2, -0.15) is 0 Å². The van der Waals surface area contributed by atoms with Crippen molar-refractivity contribution in [3.05, 3.63) is 35.9 Å². The summed E-state index contributed by atoms with van der Waals surface area (Å²) in [6, 6.07) is 9.02. The third-order valence-corrected chi connectivity index (χ3v) is 2.55. The van der Waals surface area contributed by atoms with Crippen LogP contribution in [0.4, 0.5) is 4.79 Å². The Balaban J connectivity index is 2.86. The molecule has 1 aromatic rings. The number of primary amides is 1. The molecule has 0 spiro atoms. The molecule has 0 radical (unpaired) electrons. The van der Waals surface area contributed by atoms with Gasteiger partial charge in [0.15, 0.2) is 0 Å². The van der Waals surface area contributed by atoms with Crippen LogP contribution >= 0.6 is 12.2 Å². The summed E-state index contributed by atoms with van der Waals surface area (Å²) in [5, 5.41) is 9.85. The van der Waals surface area contributed by atoms with E-state index >= 15 is 0 Å². The maximum atomic E-state index is 10.6. The molecule has 1 unspecified atom stereocenters. The van der Waals surface area contributed by atoms with Gasteiger partial charge in [-0.05, 0) is 5.56 Å². The van der Waals surface area contributed by atoms with Crippen LogP contribution in [0.1, 0.15) is 11.5 Å². The number of thiocarbonyl (C=S) groups is 1. The molecule has 0 saturated heterocycles. The normalized spacial score (nSPS) is 13.7. The average molecular weight is 254 g/mol. The Kier molecular flexibility index (Phi) is 4.86. The minimum atomic E-state index is -1.06. The highest BCUT2D eigenvalue weighted by Crippen LogP contribution is 2.20. The Labute approximate surface area is 104 Å². The van der Waals surface area contributed by atoms with Crippen molar-refractivity contribution < 1.29 is 14.6 Å². The third-order valence-electron chi connectivity index (χ3n) is 2.31. The van der Waals surface area contributed by atoms with Crippen LogP contribution in [0.2, 0.25) is 0 Å². The summed E-state index contributed by atoms with van der Waals surface area (Å²) >= 11 is 4.73. The highest BCUT2D eigenvalue weighted by Gasteiger charge is 2.24. The standard InChI is InChI=1S/C11H14N2O3S/c12-10(17)9(14)8(6-16-11(13)15)7-4-2-1-3-5-7/h1-5,8-9,14H,6H2,(H2,12,17)(H2,13,15)/t8?,9-/m0/s1. The highest BCUT2D eigenvalue weighted by atomic mass is 32.1. The van der Waals surface area contributed by atoms with Gasteiger partial charge in [-0.25, -0.2) is 4.79 Å². The molecule has 0 heterocycles. The number of ether oxygens (including phenoxy) is 1. The van der Waals surface area contributed by atoms with Gasteiger partial charge >= 0.3 is 6.09 Å². The van der Waals surface area contributed by atoms with Gasteiger partial charge in [-0.3, -0.25) is 0 Å². The van der Waals surface area contributed by atoms with Crippen LogP contribution in [0.5, 0.6) is 0 Å². The van der Waals surface area contributed by atoms with Crippen LogP contribution in [0.3, 0.4) is 0 Å². The Bertz CT molecular complexity index is 397. The van der Waals surface area contributed by atoms with Gasteiger partial charge in [0.1, 0.15) is 17.7 Å². The van der Waals surface area contributed by atoms with E-state index in [0.717, 1.165) is 5.56 Å². The molecular formula is C11H14N2O3S. The van der Waals surface area contributed by atoms with Crippen LogP contribution in [0, 0.1) is 0 Å². The fourth-order valence-corrected chi connectivity index (χ4v) is 1.60. The zero-order valence-electron chi connectivity index (χ0n) is 9.08. The molecule has 0 bridgehead atoms. The van der Waals surface area contributed by atoms with Crippen molar-refractivity contribution in [1.82, 2.24) is 0 Å². The first-order valence-corrected chi connectivity index (χ1v) is 5.37. The van der Waals surface area contributed by atoms with Crippen molar-refractivity contribution in [3.63, 3.8) is 0 Å². The number of amides is 1. The van der Waals surface area contributed by atoms with Crippen LogP contribution in [0.25, 0.3) is 0 Å². The molecule has 0 aliphatic rings. The topological polar surface area (TPSA) is 98.6 Å². The van der Waals surface area contributed by atoms with E-state index in [1.54, 1.807) is 24.3 Å². The highest BCUT2D eigenvalue weighted by molar-refractivity contribution is 7.80. The van der Waals surface area contributed by atoms with Gasteiger partial charge in [0.2, 0.25) is 0 Å². The molecule has 0 aliphatic carbocycles. The van der Waals surface area contributed by atoms with Crippen LogP contribution in [-0.4, -0.2) is 28.9 Å². The summed E-state index contributed by atoms with van der Waals surface area (Å²) in [4.78, 5) is 10.5. The van der Waals surface area contributed by atoms with Crippen molar-refractivity contribution in [3.8, 4) is 0 Å². The lowest BCUT2D eigenvalue weighted by Crippen LogP contribution is -2.35. The van der Waals surface area contributed by atoms with Crippen LogP contribution in [-0.2, 0) is 4.74 Å². The Hall–Kier alpha value is -1.66. The second-order valence-corrected chi connectivity index (χ2v) is 3.97. The first-order valence-electron chi connectivity index (χ1n) is 4.97. The largest absolute Gasteiger partial charge is 0.449 e. The summed E-state index contributed by atoms with van der Waals surface area (Å²) in [5.74, 6) is -0.513. The number of aliphatic hydroxyl groups excluding tert-OH is 1. The summed E-state index contributed by atoms with van der Waals surface area (Å²) in [6.07, 6.45) is -1.96. The SMILES string of the molecule is NC(=O)OCC(c1ccccc1)[C@H](O)C(N)=S. The molecule has 92 valence electrons. The van der Waals surface area contributed by atoms with Gasteiger partial charge in [-0.15, -0.1) is 0 Å². The monoisotopic (exact) mass is 254 g/mol. The van der Waals surface area contributed by atoms with E-state index in [0.29, 0.717) is 0 Å². The molecule has 1 amide bonds. The molecule has 1 rings (SSSR count). The molecule has 2 atom stereocenters. The van der Waals surface area contributed by atoms with Crippen molar-refractivity contribution in [1.29, 1.82) is 0 Å². The predicted molar refractivity (Wildman–Crippen MR) is 67.5 cm³/mol. The smallest absolute Gasteiger partial charge is 0.404 e. The molecule has 0 saturated carbocycles. The molecule has 6 heteroatoms. The lowest BCUT2D eigenvalue weighted by atomic mass is 9.94. The Morgan fingerprint density at radius 2 is 1.94 bits per heavy atom. The minimum Gasteiger partial charge on any atom is -0.449 e. The van der Waals surface area contributed by atoms with E-state index in [2.05, 4.69) is 0 Å². The van der Waals surface area contributed by atoms with Crippen molar-refractivity contribution in [2.75, 3.05) is 6.61 Å². The van der Waals surface area contributed by atoms with Crippen LogP contribution in [0.15, 0.2) is 30.3 Å². The number of carbonyl (C=O) groups is 1. The zero-order valence-corrected chi connectivity index (χ0v) is 9.89. The van der Waals surface area contributed by atoms with E-state index in [1.807, 2.05) is 6.07 Å². The lowest BCUT2D eigenvalue weighted by Gasteiger charge is -2.21. The number of hydrogen-bond acceptors (Lipinski definition) is 4. The number of rotatable bonds is 5. The molecular weight excluding hydrogens is 240 g/mol. The van der Waals surface area contributed by atoms with Gasteiger partial charge in [-0.1, -0.05) is 42.5 Å². The summed E-state index contributed by atoms with van der Waals surface area (Å²) in [6.45, 7) is -0.0716. The van der Waals surface area contributed by atoms with Crippen molar-refractivity contribution >= 4 is 23.3 Å². The van der Waals surface area contributed by atoms with E-state index in [9.17, 15) is 9.90 Å². The molecule has 0 fully saturated rings. The maximum Gasteiger partial charge on any atom is 0.404 e. The number of nitrogens with two attached hydrogens (primary N) is 2. The number of aliphatic hydroxyl groups is 1. The molecule has 0 aromatic heterocycles. The van der Waals surface area contributed by atoms with E-state index in [-0.39, 0.29) is 11.6 Å². The Morgan fingerprint density at radius 3 is 2.41 bits per heavy atom. The van der Waals surface area contributed by atoms with Crippen molar-refractivity contribution in [2.45, 2.75) is 12.0 Å². The van der Waals surface area contributed by atoms with E-state index in [4.69, 9.17) is 28.4 Å². The van der Waals surface area contributed by atoms with E-state index in [1.165, 1.54) is 0 Å². The van der Waals surface area contributed by atoms with Crippen LogP contribution < -0.4 is 11.5 Å². The number of carbonyl (C=O) groups excluding carboxylic acids is 1. The van der Waals surface area contributed by atoms with Crippen molar-refractivity contribution in [2.24, 2.45) is 11.5 Å². The van der Waals surface area contributed by atoms with Gasteiger partial charge < -0.3 is 21.3 Å². The quantitative estimate of drug-likeness (QED) is 0.665. The predicted octanol–water partition coefficient (Wildman–Crippen LogP) is 0.513. The molecule has 17 heavy (non-hydrogen) atoms. The lowest BCUT2D eigenvalue weighted by molar-refractivity contribution is 0.119. The minimum absolute atomic E-state index is 0.0491. The third kappa shape index (κ3) is 4.01. The molecule has 5 nitrogen and oxygen atoms in total. The summed E-state index contributed by atoms with van der Waals surface area (Å²) in [5.41, 5.74) is 11.1. The van der Waals surface area contributed by atoms with E-state index < -0.39 is 18.1 Å². The van der Waals surface area contributed by atoms with Gasteiger partial charge in [0.05, 0.1) is 5.92 Å². The molecule has 0 aliphatic heterocycles. The fourth-order valence-electron chi connectivity index (χ4n) is 1.44. The van der Waals surface area contributed by atoms with Gasteiger partial charge in [0.25, 0.3) is 0 Å². The fraction of sp³-hybridized carbons (Fsp3) is 0.273. The Morgan fingerprint density at radius 1 is 1.35 bits per heavy atom. The molecule has 5 N–H and O–H groups in total. The maximum absolute atomic E-state index is 10.6. The number of benzene rings is 1. The summed E-state index contributed by atoms with van der Waals surface area (Å²) in [7, 11) is 0. The first kappa shape index (κ1) is 13.4. The zero-order chi connectivity index (χ0) is 12.8. The summed E-state index contributed by atoms with van der Waals surface area (Å²) < 4.78 is 4.69. The molecule has 1 aromatic carbocycles. The average Bonchev–Trinajstić information content (AvgIpc) is 2.30. The first-order chi connectivity index (χ1) is 8.02. The van der Waals surface area contributed by atoms with Gasteiger partial charge in [0, 0.05) is 0 Å².